The Labute approximate surface area is 163 Å². The molecule has 0 aliphatic rings. The van der Waals surface area contributed by atoms with Crippen LogP contribution in [0.15, 0.2) is 54.6 Å². The predicted octanol–water partition coefficient (Wildman–Crippen LogP) is 2.21. The Hall–Kier alpha value is -3.66. The molecule has 0 N–H and O–H groups in total. The van der Waals surface area contributed by atoms with Gasteiger partial charge < -0.3 is 14.4 Å². The van der Waals surface area contributed by atoms with Gasteiger partial charge in [0.05, 0.1) is 12.5 Å². The van der Waals surface area contributed by atoms with Crippen LogP contribution in [0.25, 0.3) is 0 Å². The lowest BCUT2D eigenvalue weighted by Gasteiger charge is -2.15. The third-order valence-electron chi connectivity index (χ3n) is 3.85. The van der Waals surface area contributed by atoms with Crippen molar-refractivity contribution < 1.29 is 23.9 Å². The largest absolute Gasteiger partial charge is 0.482 e. The lowest BCUT2D eigenvalue weighted by atomic mass is 10.0. The van der Waals surface area contributed by atoms with Crippen LogP contribution in [-0.2, 0) is 14.3 Å². The maximum atomic E-state index is 12.3. The van der Waals surface area contributed by atoms with Gasteiger partial charge in [-0.15, -0.1) is 0 Å². The maximum Gasteiger partial charge on any atom is 0.344 e. The van der Waals surface area contributed by atoms with E-state index in [1.54, 1.807) is 48.5 Å². The van der Waals surface area contributed by atoms with Gasteiger partial charge in [0.2, 0.25) is 0 Å². The van der Waals surface area contributed by atoms with E-state index in [-0.39, 0.29) is 25.4 Å². The summed E-state index contributed by atoms with van der Waals surface area (Å²) in [4.78, 5) is 37.0. The van der Waals surface area contributed by atoms with Crippen molar-refractivity contribution in [3.63, 3.8) is 0 Å². The van der Waals surface area contributed by atoms with Crippen molar-refractivity contribution in [1.29, 1.82) is 5.26 Å². The number of ketones is 1. The van der Waals surface area contributed by atoms with Crippen LogP contribution in [-0.4, -0.2) is 49.4 Å². The van der Waals surface area contributed by atoms with E-state index >= 15 is 0 Å². The number of benzene rings is 2. The highest BCUT2D eigenvalue weighted by Crippen LogP contribution is 2.15. The Morgan fingerprint density at radius 1 is 0.964 bits per heavy atom. The molecular formula is C21H20N2O5. The minimum absolute atomic E-state index is 0.106. The first-order chi connectivity index (χ1) is 13.5. The standard InChI is InChI=1S/C21H20N2O5/c1-23(13-5-12-22)19(24)14-28-20(25)15-27-18-10-8-17(9-11-18)21(26)16-6-3-2-4-7-16/h2-4,6-11H,5,13-15H2,1H3. The fourth-order valence-electron chi connectivity index (χ4n) is 2.24. The average molecular weight is 380 g/mol. The third kappa shape index (κ3) is 6.25. The van der Waals surface area contributed by atoms with Crippen LogP contribution < -0.4 is 4.74 Å². The predicted molar refractivity (Wildman–Crippen MR) is 101 cm³/mol. The fraction of sp³-hybridized carbons (Fsp3) is 0.238. The van der Waals surface area contributed by atoms with Crippen LogP contribution in [0.2, 0.25) is 0 Å². The van der Waals surface area contributed by atoms with Gasteiger partial charge in [0.1, 0.15) is 5.75 Å². The summed E-state index contributed by atoms with van der Waals surface area (Å²) in [5, 5.41) is 8.49. The average Bonchev–Trinajstić information content (AvgIpc) is 2.74. The molecule has 28 heavy (non-hydrogen) atoms. The highest BCUT2D eigenvalue weighted by Gasteiger charge is 2.13. The van der Waals surface area contributed by atoms with Gasteiger partial charge in [0.25, 0.3) is 5.91 Å². The number of amides is 1. The summed E-state index contributed by atoms with van der Waals surface area (Å²) in [6, 6.07) is 17.2. The number of hydrogen-bond donors (Lipinski definition) is 0. The van der Waals surface area contributed by atoms with Gasteiger partial charge in [0.15, 0.2) is 19.0 Å². The van der Waals surface area contributed by atoms with Crippen LogP contribution in [0.4, 0.5) is 0 Å². The topological polar surface area (TPSA) is 96.7 Å². The molecule has 0 aliphatic carbocycles. The number of hydrogen-bond acceptors (Lipinski definition) is 6. The Morgan fingerprint density at radius 3 is 2.25 bits per heavy atom. The van der Waals surface area contributed by atoms with Crippen molar-refractivity contribution >= 4 is 17.7 Å². The molecule has 0 radical (unpaired) electrons. The molecular weight excluding hydrogens is 360 g/mol. The molecule has 0 fully saturated rings. The van der Waals surface area contributed by atoms with E-state index in [0.29, 0.717) is 16.9 Å². The minimum atomic E-state index is -0.688. The van der Waals surface area contributed by atoms with Crippen molar-refractivity contribution in [3.05, 3.63) is 65.7 Å². The van der Waals surface area contributed by atoms with E-state index in [1.165, 1.54) is 11.9 Å². The summed E-state index contributed by atoms with van der Waals surface area (Å²) < 4.78 is 10.2. The summed E-state index contributed by atoms with van der Waals surface area (Å²) in [7, 11) is 1.53. The van der Waals surface area contributed by atoms with Crippen LogP contribution in [0, 0.1) is 11.3 Å². The number of carbonyl (C=O) groups excluding carboxylic acids is 3. The van der Waals surface area contributed by atoms with Crippen LogP contribution >= 0.6 is 0 Å². The molecule has 0 spiro atoms. The normalized spacial score (nSPS) is 9.86. The first kappa shape index (κ1) is 20.6. The molecule has 0 heterocycles. The van der Waals surface area contributed by atoms with E-state index < -0.39 is 18.5 Å². The van der Waals surface area contributed by atoms with Crippen LogP contribution in [0.3, 0.4) is 0 Å². The van der Waals surface area contributed by atoms with E-state index in [4.69, 9.17) is 14.7 Å². The van der Waals surface area contributed by atoms with E-state index in [9.17, 15) is 14.4 Å². The number of esters is 1. The SMILES string of the molecule is CN(CCC#N)C(=O)COC(=O)COc1ccc(C(=O)c2ccccc2)cc1. The number of rotatable bonds is 9. The molecule has 7 nitrogen and oxygen atoms in total. The summed E-state index contributed by atoms with van der Waals surface area (Å²) in [6.07, 6.45) is 0.210. The van der Waals surface area contributed by atoms with E-state index in [2.05, 4.69) is 0 Å². The molecule has 0 unspecified atom stereocenters. The number of carbonyl (C=O) groups is 3. The molecule has 0 saturated carbocycles. The quantitative estimate of drug-likeness (QED) is 0.489. The molecule has 0 aliphatic heterocycles. The highest BCUT2D eigenvalue weighted by atomic mass is 16.6. The molecule has 2 rings (SSSR count). The van der Waals surface area contributed by atoms with Crippen LogP contribution in [0.1, 0.15) is 22.3 Å². The van der Waals surface area contributed by atoms with Gasteiger partial charge in [-0.25, -0.2) is 4.79 Å². The van der Waals surface area contributed by atoms with E-state index in [1.807, 2.05) is 12.1 Å². The smallest absolute Gasteiger partial charge is 0.344 e. The second-order valence-corrected chi connectivity index (χ2v) is 5.89. The maximum absolute atomic E-state index is 12.3. The third-order valence-corrected chi connectivity index (χ3v) is 3.85. The molecule has 0 bridgehead atoms. The summed E-state index contributed by atoms with van der Waals surface area (Å²) >= 11 is 0. The van der Waals surface area contributed by atoms with Crippen molar-refractivity contribution in [3.8, 4) is 11.8 Å². The van der Waals surface area contributed by atoms with Gasteiger partial charge in [-0.2, -0.15) is 5.26 Å². The van der Waals surface area contributed by atoms with Crippen molar-refractivity contribution in [2.75, 3.05) is 26.8 Å². The number of nitriles is 1. The fourth-order valence-corrected chi connectivity index (χ4v) is 2.24. The molecule has 1 amide bonds. The molecule has 0 saturated heterocycles. The molecule has 144 valence electrons. The van der Waals surface area contributed by atoms with Gasteiger partial charge in [-0.05, 0) is 24.3 Å². The van der Waals surface area contributed by atoms with Crippen LogP contribution in [0.5, 0.6) is 5.75 Å². The lowest BCUT2D eigenvalue weighted by molar-refractivity contribution is -0.153. The minimum Gasteiger partial charge on any atom is -0.482 e. The second kappa shape index (κ2) is 10.5. The second-order valence-electron chi connectivity index (χ2n) is 5.89. The first-order valence-corrected chi connectivity index (χ1v) is 8.60. The van der Waals surface area contributed by atoms with Crippen molar-refractivity contribution in [1.82, 2.24) is 4.90 Å². The Balaban J connectivity index is 1.78. The number of ether oxygens (including phenoxy) is 2. The molecule has 2 aromatic carbocycles. The molecule has 2 aromatic rings. The first-order valence-electron chi connectivity index (χ1n) is 8.60. The van der Waals surface area contributed by atoms with Crippen molar-refractivity contribution in [2.45, 2.75) is 6.42 Å². The Bertz CT molecular complexity index is 857. The lowest BCUT2D eigenvalue weighted by Crippen LogP contribution is -2.32. The molecule has 0 atom stereocenters. The summed E-state index contributed by atoms with van der Waals surface area (Å²) in [6.45, 7) is -0.493. The van der Waals surface area contributed by atoms with Gasteiger partial charge in [0, 0.05) is 24.7 Å². The van der Waals surface area contributed by atoms with Gasteiger partial charge in [-0.1, -0.05) is 30.3 Å². The zero-order valence-electron chi connectivity index (χ0n) is 15.5. The van der Waals surface area contributed by atoms with E-state index in [0.717, 1.165) is 0 Å². The molecule has 7 heteroatoms. The molecule has 0 aromatic heterocycles. The van der Waals surface area contributed by atoms with Gasteiger partial charge >= 0.3 is 5.97 Å². The zero-order chi connectivity index (χ0) is 20.4. The number of nitrogens with zero attached hydrogens (tertiary/aromatic N) is 2. The number of likely N-dealkylation sites (N-methyl/N-ethyl adjacent to an activating group) is 1. The zero-order valence-corrected chi connectivity index (χ0v) is 15.5. The van der Waals surface area contributed by atoms with Gasteiger partial charge in [-0.3, -0.25) is 9.59 Å². The Morgan fingerprint density at radius 2 is 1.61 bits per heavy atom. The highest BCUT2D eigenvalue weighted by molar-refractivity contribution is 6.08. The summed E-state index contributed by atoms with van der Waals surface area (Å²) in [5.41, 5.74) is 1.09. The Kier molecular flexibility index (Phi) is 7.73. The summed E-state index contributed by atoms with van der Waals surface area (Å²) in [5.74, 6) is -0.788. The van der Waals surface area contributed by atoms with Crippen molar-refractivity contribution in [2.24, 2.45) is 0 Å². The monoisotopic (exact) mass is 380 g/mol.